The molecule has 0 spiro atoms. The lowest BCUT2D eigenvalue weighted by molar-refractivity contribution is -0.159. The lowest BCUT2D eigenvalue weighted by Crippen LogP contribution is -2.20. The maximum Gasteiger partial charge on any atom is 0.314 e. The first-order chi connectivity index (χ1) is 11.9. The Balaban J connectivity index is 4.43. The Morgan fingerprint density at radius 2 is 1.44 bits per heavy atom. The monoisotopic (exact) mass is 398 g/mol. The number of hydrogen-bond acceptors (Lipinski definition) is 7. The van der Waals surface area contributed by atoms with Crippen LogP contribution in [0.25, 0.3) is 0 Å². The minimum atomic E-state index is -2.06. The minimum absolute atomic E-state index is 0.0454. The quantitative estimate of drug-likeness (QED) is 0.192. The Morgan fingerprint density at radius 3 is 1.88 bits per heavy atom. The summed E-state index contributed by atoms with van der Waals surface area (Å²) in [5, 5.41) is 0. The van der Waals surface area contributed by atoms with Gasteiger partial charge in [0.05, 0.1) is 33.6 Å². The molecule has 0 saturated heterocycles. The van der Waals surface area contributed by atoms with Crippen LogP contribution in [0.15, 0.2) is 0 Å². The van der Waals surface area contributed by atoms with Crippen LogP contribution in [0.5, 0.6) is 0 Å². The van der Waals surface area contributed by atoms with Crippen molar-refractivity contribution in [1.29, 1.82) is 0 Å². The van der Waals surface area contributed by atoms with E-state index in [0.717, 1.165) is 0 Å². The van der Waals surface area contributed by atoms with E-state index in [-0.39, 0.29) is 30.5 Å². The number of rotatable bonds is 14. The highest BCUT2D eigenvalue weighted by Crippen LogP contribution is 2.34. The van der Waals surface area contributed by atoms with Crippen LogP contribution in [-0.2, 0) is 32.9 Å². The number of hydrogen-bond donors (Lipinski definition) is 0. The SMILES string of the molecule is CCOCC[PH](=O)C(CC)CC(=O)OC(=O)CC(CC)[PH](=O)COC. The summed E-state index contributed by atoms with van der Waals surface area (Å²) in [4.78, 5) is 23.8. The topological polar surface area (TPSA) is 96.0 Å². The average Bonchev–Trinajstić information content (AvgIpc) is 2.57. The van der Waals surface area contributed by atoms with E-state index in [1.165, 1.54) is 7.11 Å². The van der Waals surface area contributed by atoms with Gasteiger partial charge in [-0.25, -0.2) is 0 Å². The Bertz CT molecular complexity index is 454. The zero-order chi connectivity index (χ0) is 19.2. The van der Waals surface area contributed by atoms with Crippen molar-refractivity contribution < 1.29 is 32.9 Å². The Kier molecular flexibility index (Phi) is 14.4. The van der Waals surface area contributed by atoms with Gasteiger partial charge >= 0.3 is 11.9 Å². The number of carbonyl (C=O) groups is 2. The van der Waals surface area contributed by atoms with Gasteiger partial charge in [0.25, 0.3) is 0 Å². The summed E-state index contributed by atoms with van der Waals surface area (Å²) in [6, 6.07) is 0. The third kappa shape index (κ3) is 11.0. The fourth-order valence-electron chi connectivity index (χ4n) is 2.37. The van der Waals surface area contributed by atoms with E-state index >= 15 is 0 Å². The molecule has 7 nitrogen and oxygen atoms in total. The van der Waals surface area contributed by atoms with Crippen molar-refractivity contribution in [3.05, 3.63) is 0 Å². The summed E-state index contributed by atoms with van der Waals surface area (Å²) < 4.78 is 39.0. The molecule has 0 aromatic heterocycles. The molecule has 148 valence electrons. The lowest BCUT2D eigenvalue weighted by atomic mass is 10.2. The molecule has 0 saturated carbocycles. The van der Waals surface area contributed by atoms with Crippen LogP contribution in [0.1, 0.15) is 46.5 Å². The van der Waals surface area contributed by atoms with Gasteiger partial charge in [0.1, 0.15) is 7.80 Å². The van der Waals surface area contributed by atoms with Crippen molar-refractivity contribution >= 4 is 27.5 Å². The molecule has 0 rings (SSSR count). The fraction of sp³-hybridized carbons (Fsp3) is 0.875. The number of methoxy groups -OCH3 is 1. The van der Waals surface area contributed by atoms with Gasteiger partial charge in [-0.2, -0.15) is 0 Å². The number of ether oxygens (including phenoxy) is 3. The van der Waals surface area contributed by atoms with Gasteiger partial charge < -0.3 is 23.3 Å². The molecule has 9 heteroatoms. The molecule has 0 amide bonds. The summed E-state index contributed by atoms with van der Waals surface area (Å²) in [6.07, 6.45) is 1.55. The van der Waals surface area contributed by atoms with Gasteiger partial charge in [-0.1, -0.05) is 13.8 Å². The maximum absolute atomic E-state index is 12.2. The maximum atomic E-state index is 12.2. The van der Waals surface area contributed by atoms with E-state index in [4.69, 9.17) is 14.2 Å². The molecule has 25 heavy (non-hydrogen) atoms. The zero-order valence-electron chi connectivity index (χ0n) is 15.7. The van der Waals surface area contributed by atoms with Crippen LogP contribution >= 0.6 is 15.6 Å². The Labute approximate surface area is 151 Å². The predicted molar refractivity (Wildman–Crippen MR) is 99.7 cm³/mol. The molecule has 0 aromatic rings. The minimum Gasteiger partial charge on any atom is -0.393 e. The Hall–Kier alpha value is -0.480. The highest BCUT2D eigenvalue weighted by Gasteiger charge is 2.24. The van der Waals surface area contributed by atoms with Gasteiger partial charge in [-0.05, 0) is 19.8 Å². The predicted octanol–water partition coefficient (Wildman–Crippen LogP) is 3.15. The molecule has 0 bridgehead atoms. The van der Waals surface area contributed by atoms with E-state index in [9.17, 15) is 18.7 Å². The molecule has 4 unspecified atom stereocenters. The molecule has 0 fully saturated rings. The van der Waals surface area contributed by atoms with Crippen molar-refractivity contribution in [1.82, 2.24) is 0 Å². The molecule has 4 atom stereocenters. The van der Waals surface area contributed by atoms with Crippen LogP contribution in [0.3, 0.4) is 0 Å². The lowest BCUT2D eigenvalue weighted by Gasteiger charge is -2.15. The molecule has 0 N–H and O–H groups in total. The summed E-state index contributed by atoms with van der Waals surface area (Å²) in [5.74, 6) is -1.36. The summed E-state index contributed by atoms with van der Waals surface area (Å²) in [5.41, 5.74) is -0.627. The highest BCUT2D eigenvalue weighted by molar-refractivity contribution is 7.45. The van der Waals surface area contributed by atoms with E-state index in [1.54, 1.807) is 0 Å². The van der Waals surface area contributed by atoms with Crippen molar-refractivity contribution in [3.8, 4) is 0 Å². The van der Waals surface area contributed by atoms with Crippen LogP contribution in [0.4, 0.5) is 0 Å². The third-order valence-corrected chi connectivity index (χ3v) is 8.25. The van der Waals surface area contributed by atoms with Gasteiger partial charge in [-0.3, -0.25) is 9.59 Å². The first kappa shape index (κ1) is 24.5. The normalized spacial score (nSPS) is 16.0. The molecule has 0 heterocycles. The van der Waals surface area contributed by atoms with Crippen molar-refractivity contribution in [2.75, 3.05) is 32.8 Å². The summed E-state index contributed by atoms with van der Waals surface area (Å²) in [7, 11) is -2.58. The van der Waals surface area contributed by atoms with Crippen LogP contribution in [0.2, 0.25) is 0 Å². The van der Waals surface area contributed by atoms with Crippen molar-refractivity contribution in [2.24, 2.45) is 0 Å². The van der Waals surface area contributed by atoms with Crippen LogP contribution < -0.4 is 0 Å². The molecule has 0 aromatic carbocycles. The van der Waals surface area contributed by atoms with Gasteiger partial charge in [0, 0.05) is 31.2 Å². The first-order valence-corrected chi connectivity index (χ1v) is 12.1. The molecular weight excluding hydrogens is 366 g/mol. The highest BCUT2D eigenvalue weighted by atomic mass is 31.1. The fourth-order valence-corrected chi connectivity index (χ4v) is 5.34. The van der Waals surface area contributed by atoms with Crippen LogP contribution in [-0.4, -0.2) is 56.1 Å². The van der Waals surface area contributed by atoms with Gasteiger partial charge in [0.15, 0.2) is 0 Å². The molecule has 0 aliphatic heterocycles. The van der Waals surface area contributed by atoms with E-state index in [2.05, 4.69) is 0 Å². The number of esters is 2. The smallest absolute Gasteiger partial charge is 0.314 e. The second kappa shape index (κ2) is 14.7. The largest absolute Gasteiger partial charge is 0.393 e. The molecule has 0 aliphatic carbocycles. The van der Waals surface area contributed by atoms with Crippen molar-refractivity contribution in [3.63, 3.8) is 0 Å². The first-order valence-electron chi connectivity index (χ1n) is 8.74. The van der Waals surface area contributed by atoms with E-state index in [0.29, 0.717) is 32.2 Å². The Morgan fingerprint density at radius 1 is 0.920 bits per heavy atom. The standard InChI is InChI=1S/C16H32O7P2/c1-5-13(24(19)9-8-22-7-3)10-15(17)23-16(18)11-14(6-2)25(20)12-21-4/h13-14,24-25H,5-12H2,1-4H3. The average molecular weight is 398 g/mol. The van der Waals surface area contributed by atoms with Gasteiger partial charge in [0.2, 0.25) is 0 Å². The molecule has 0 radical (unpaired) electrons. The molecular formula is C16H32O7P2. The summed E-state index contributed by atoms with van der Waals surface area (Å²) >= 11 is 0. The van der Waals surface area contributed by atoms with E-state index < -0.39 is 27.5 Å². The van der Waals surface area contributed by atoms with Crippen molar-refractivity contribution in [2.45, 2.75) is 57.8 Å². The summed E-state index contributed by atoms with van der Waals surface area (Å²) in [6.45, 7) is 6.52. The second-order valence-electron chi connectivity index (χ2n) is 5.78. The van der Waals surface area contributed by atoms with Crippen LogP contribution in [0, 0.1) is 0 Å². The van der Waals surface area contributed by atoms with E-state index in [1.807, 2.05) is 20.8 Å². The van der Waals surface area contributed by atoms with Gasteiger partial charge in [-0.15, -0.1) is 0 Å². The third-order valence-electron chi connectivity index (χ3n) is 3.93. The molecule has 0 aliphatic rings. The number of carbonyl (C=O) groups excluding carboxylic acids is 2. The second-order valence-corrected chi connectivity index (χ2v) is 10.1. The zero-order valence-corrected chi connectivity index (χ0v) is 17.7.